The number of nitrogens with zero attached hydrogens (tertiary/aromatic N) is 4. The minimum Gasteiger partial charge on any atom is -0.496 e. The van der Waals surface area contributed by atoms with Crippen LogP contribution in [0.3, 0.4) is 0 Å². The predicted molar refractivity (Wildman–Crippen MR) is 122 cm³/mol. The third-order valence-corrected chi connectivity index (χ3v) is 5.10. The first-order valence-electron chi connectivity index (χ1n) is 9.95. The molecule has 10 heteroatoms. The molecule has 3 aromatic rings. The van der Waals surface area contributed by atoms with Crippen molar-refractivity contribution >= 4 is 34.6 Å². The third-order valence-electron chi connectivity index (χ3n) is 4.83. The normalized spacial score (nSPS) is 11.7. The smallest absolute Gasteiger partial charge is 0.322 e. The molecule has 3 rings (SSSR count). The van der Waals surface area contributed by atoms with Crippen LogP contribution in [0.25, 0.3) is 11.0 Å². The molecule has 0 bridgehead atoms. The highest BCUT2D eigenvalue weighted by Gasteiger charge is 2.17. The van der Waals surface area contributed by atoms with Crippen LogP contribution >= 0.6 is 11.6 Å². The van der Waals surface area contributed by atoms with Crippen LogP contribution in [0, 0.1) is 25.7 Å². The molecule has 0 radical (unpaired) electrons. The summed E-state index contributed by atoms with van der Waals surface area (Å²) in [7, 11) is 1.64. The van der Waals surface area contributed by atoms with E-state index in [1.165, 1.54) is 0 Å². The molecule has 3 aromatic heterocycles. The predicted octanol–water partition coefficient (Wildman–Crippen LogP) is 2.37. The second kappa shape index (κ2) is 9.85. The summed E-state index contributed by atoms with van der Waals surface area (Å²) in [5.74, 6) is 6.43. The van der Waals surface area contributed by atoms with E-state index in [0.29, 0.717) is 29.6 Å². The quantitative estimate of drug-likeness (QED) is 0.250. The van der Waals surface area contributed by atoms with E-state index in [1.807, 2.05) is 24.6 Å². The Balaban J connectivity index is 1.94. The second-order valence-corrected chi connectivity index (χ2v) is 7.65. The first-order chi connectivity index (χ1) is 15.2. The summed E-state index contributed by atoms with van der Waals surface area (Å²) in [5, 5.41) is 0.808. The Morgan fingerprint density at radius 1 is 1.34 bits per heavy atom. The van der Waals surface area contributed by atoms with Gasteiger partial charge in [-0.15, -0.1) is 0 Å². The van der Waals surface area contributed by atoms with Gasteiger partial charge in [-0.1, -0.05) is 23.4 Å². The number of pyridine rings is 1. The molecule has 0 unspecified atom stereocenters. The Morgan fingerprint density at radius 2 is 2.09 bits per heavy atom. The van der Waals surface area contributed by atoms with Gasteiger partial charge in [-0.05, 0) is 20.8 Å². The van der Waals surface area contributed by atoms with E-state index in [1.54, 1.807) is 20.2 Å². The van der Waals surface area contributed by atoms with Crippen molar-refractivity contribution in [3.8, 4) is 17.6 Å². The average molecular weight is 457 g/mol. The number of nitrogens with two attached hydrogens (primary N) is 2. The SMILES string of the molecule is COc1c(C)cnc(Cn2cc(C#CCCOC(=O)[C@H](C)N)c3c(Cl)nc(N)nc32)c1C. The van der Waals surface area contributed by atoms with Gasteiger partial charge in [0, 0.05) is 29.9 Å². The topological polar surface area (TPSA) is 131 Å². The lowest BCUT2D eigenvalue weighted by Crippen LogP contribution is -2.28. The molecule has 32 heavy (non-hydrogen) atoms. The Labute approximate surface area is 191 Å². The lowest BCUT2D eigenvalue weighted by molar-refractivity contribution is -0.144. The van der Waals surface area contributed by atoms with E-state index in [2.05, 4.69) is 26.8 Å². The van der Waals surface area contributed by atoms with Gasteiger partial charge >= 0.3 is 5.97 Å². The number of aryl methyl sites for hydroxylation is 1. The van der Waals surface area contributed by atoms with Gasteiger partial charge in [0.1, 0.15) is 29.2 Å². The van der Waals surface area contributed by atoms with Crippen LogP contribution < -0.4 is 16.2 Å². The fourth-order valence-corrected chi connectivity index (χ4v) is 3.53. The Morgan fingerprint density at radius 3 is 2.78 bits per heavy atom. The highest BCUT2D eigenvalue weighted by atomic mass is 35.5. The summed E-state index contributed by atoms with van der Waals surface area (Å²) in [6.45, 7) is 6.03. The van der Waals surface area contributed by atoms with E-state index >= 15 is 0 Å². The van der Waals surface area contributed by atoms with Crippen LogP contribution in [0.15, 0.2) is 12.4 Å². The number of rotatable bonds is 6. The molecule has 0 aromatic carbocycles. The van der Waals surface area contributed by atoms with Crippen LogP contribution in [0.2, 0.25) is 5.15 Å². The van der Waals surface area contributed by atoms with E-state index in [4.69, 9.17) is 32.5 Å². The monoisotopic (exact) mass is 456 g/mol. The van der Waals surface area contributed by atoms with Gasteiger partial charge in [0.2, 0.25) is 5.95 Å². The van der Waals surface area contributed by atoms with E-state index < -0.39 is 12.0 Å². The van der Waals surface area contributed by atoms with Gasteiger partial charge in [0.15, 0.2) is 0 Å². The fourth-order valence-electron chi connectivity index (χ4n) is 3.26. The van der Waals surface area contributed by atoms with Crippen LogP contribution in [0.5, 0.6) is 5.75 Å². The number of ether oxygens (including phenoxy) is 2. The number of aromatic nitrogens is 4. The minimum atomic E-state index is -0.667. The van der Waals surface area contributed by atoms with Gasteiger partial charge < -0.3 is 25.5 Å². The van der Waals surface area contributed by atoms with E-state index in [9.17, 15) is 4.79 Å². The first-order valence-corrected chi connectivity index (χ1v) is 10.3. The Hall–Kier alpha value is -3.35. The van der Waals surface area contributed by atoms with E-state index in [-0.39, 0.29) is 17.7 Å². The Bertz CT molecular complexity index is 1230. The molecule has 4 N–H and O–H groups in total. The molecule has 1 atom stereocenters. The molecule has 0 fully saturated rings. The zero-order chi connectivity index (χ0) is 23.4. The van der Waals surface area contributed by atoms with Gasteiger partial charge in [-0.3, -0.25) is 9.78 Å². The molecule has 0 saturated carbocycles. The molecule has 168 valence electrons. The van der Waals surface area contributed by atoms with Crippen LogP contribution in [0.1, 0.15) is 35.7 Å². The molecular weight excluding hydrogens is 432 g/mol. The summed E-state index contributed by atoms with van der Waals surface area (Å²) in [6, 6.07) is -0.667. The lowest BCUT2D eigenvalue weighted by Gasteiger charge is -2.13. The van der Waals surface area contributed by atoms with Crippen LogP contribution in [-0.4, -0.2) is 45.2 Å². The first kappa shape index (κ1) is 23.3. The summed E-state index contributed by atoms with van der Waals surface area (Å²) >= 11 is 6.37. The maximum Gasteiger partial charge on any atom is 0.322 e. The van der Waals surface area contributed by atoms with Gasteiger partial charge in [0.05, 0.1) is 30.3 Å². The number of methoxy groups -OCH3 is 1. The second-order valence-electron chi connectivity index (χ2n) is 7.30. The van der Waals surface area contributed by atoms with Crippen molar-refractivity contribution in [3.63, 3.8) is 0 Å². The van der Waals surface area contributed by atoms with Crippen LogP contribution in [0.4, 0.5) is 5.95 Å². The number of anilines is 1. The number of esters is 1. The summed E-state index contributed by atoms with van der Waals surface area (Å²) < 4.78 is 12.4. The number of carbonyl (C=O) groups is 1. The van der Waals surface area contributed by atoms with Crippen LogP contribution in [-0.2, 0) is 16.1 Å². The molecule has 0 aliphatic heterocycles. The minimum absolute atomic E-state index is 0.0651. The van der Waals surface area contributed by atoms with Crippen molar-refractivity contribution in [1.29, 1.82) is 0 Å². The number of fused-ring (bicyclic) bond motifs is 1. The maximum absolute atomic E-state index is 11.4. The largest absolute Gasteiger partial charge is 0.496 e. The third kappa shape index (κ3) is 4.93. The van der Waals surface area contributed by atoms with Crippen molar-refractivity contribution in [3.05, 3.63) is 39.9 Å². The van der Waals surface area contributed by atoms with Crippen molar-refractivity contribution in [1.82, 2.24) is 19.5 Å². The van der Waals surface area contributed by atoms with Crippen molar-refractivity contribution in [2.45, 2.75) is 39.8 Å². The maximum atomic E-state index is 11.4. The van der Waals surface area contributed by atoms with Gasteiger partial charge in [-0.25, -0.2) is 4.98 Å². The zero-order valence-electron chi connectivity index (χ0n) is 18.4. The number of hydrogen-bond acceptors (Lipinski definition) is 8. The number of hydrogen-bond donors (Lipinski definition) is 2. The van der Waals surface area contributed by atoms with Crippen molar-refractivity contribution < 1.29 is 14.3 Å². The standard InChI is InChI=1S/C22H25ClN6O3/c1-12-9-26-16(13(2)18(12)31-4)11-29-10-15(7-5-6-8-32-21(30)14(3)24)17-19(23)27-22(25)28-20(17)29/h9-10,14H,6,8,11,24H2,1-4H3,(H2,25,27,28)/t14-/m0/s1. The molecule has 0 aliphatic carbocycles. The highest BCUT2D eigenvalue weighted by Crippen LogP contribution is 2.29. The fraction of sp³-hybridized carbons (Fsp3) is 0.364. The summed E-state index contributed by atoms with van der Waals surface area (Å²) in [5.41, 5.74) is 15.2. The molecule has 0 saturated heterocycles. The number of halogens is 1. The number of carbonyl (C=O) groups excluding carboxylic acids is 1. The Kier molecular flexibility index (Phi) is 7.18. The zero-order valence-corrected chi connectivity index (χ0v) is 19.2. The van der Waals surface area contributed by atoms with Crippen molar-refractivity contribution in [2.24, 2.45) is 5.73 Å². The molecule has 9 nitrogen and oxygen atoms in total. The highest BCUT2D eigenvalue weighted by molar-refractivity contribution is 6.34. The molecule has 3 heterocycles. The lowest BCUT2D eigenvalue weighted by atomic mass is 10.1. The molecule has 0 amide bonds. The number of nitrogen functional groups attached to an aromatic ring is 1. The molecular formula is C22H25ClN6O3. The average Bonchev–Trinajstić information content (AvgIpc) is 3.07. The van der Waals surface area contributed by atoms with Gasteiger partial charge in [-0.2, -0.15) is 4.98 Å². The summed E-state index contributed by atoms with van der Waals surface area (Å²) in [4.78, 5) is 24.4. The van der Waals surface area contributed by atoms with E-state index in [0.717, 1.165) is 22.6 Å². The molecule has 0 spiro atoms. The van der Waals surface area contributed by atoms with Crippen molar-refractivity contribution in [2.75, 3.05) is 19.5 Å². The summed E-state index contributed by atoms with van der Waals surface area (Å²) in [6.07, 6.45) is 3.95. The van der Waals surface area contributed by atoms with Gasteiger partial charge in [0.25, 0.3) is 0 Å². The molecule has 0 aliphatic rings.